The Hall–Kier alpha value is -0.770. The molecule has 1 aromatic carbocycles. The van der Waals surface area contributed by atoms with Crippen molar-refractivity contribution in [2.45, 2.75) is 0 Å². The first-order chi connectivity index (χ1) is 6.20. The topological polar surface area (TPSA) is 58.3 Å². The molecule has 4 heteroatoms. The van der Waals surface area contributed by atoms with Gasteiger partial charge in [0.1, 0.15) is 0 Å². The summed E-state index contributed by atoms with van der Waals surface area (Å²) in [6.07, 6.45) is 0. The van der Waals surface area contributed by atoms with Crippen molar-refractivity contribution in [1.29, 1.82) is 0 Å². The number of halogens is 1. The molecule has 0 fully saturated rings. The van der Waals surface area contributed by atoms with E-state index in [0.717, 1.165) is 0 Å². The van der Waals surface area contributed by atoms with Crippen LogP contribution in [-0.4, -0.2) is 25.3 Å². The minimum atomic E-state index is 0.233. The van der Waals surface area contributed by atoms with E-state index in [2.05, 4.69) is 5.32 Å². The maximum absolute atomic E-state index is 8.00. The Morgan fingerprint density at radius 3 is 2.46 bits per heavy atom. The number of benzene rings is 1. The number of nitrogens with two attached hydrogens (primary N) is 1. The highest BCUT2D eigenvalue weighted by Gasteiger charge is 1.83. The lowest BCUT2D eigenvalue weighted by molar-refractivity contribution is 0.296. The van der Waals surface area contributed by atoms with Crippen molar-refractivity contribution in [2.24, 2.45) is 0 Å². The lowest BCUT2D eigenvalue weighted by atomic mass is 10.3. The van der Waals surface area contributed by atoms with E-state index in [1.165, 1.54) is 0 Å². The molecule has 0 spiro atoms. The fourth-order valence-corrected chi connectivity index (χ4v) is 0.817. The van der Waals surface area contributed by atoms with Gasteiger partial charge in [-0.1, -0.05) is 17.7 Å². The van der Waals surface area contributed by atoms with Gasteiger partial charge in [0.05, 0.1) is 6.61 Å². The third-order valence-electron chi connectivity index (χ3n) is 1.21. The van der Waals surface area contributed by atoms with Crippen LogP contribution in [0, 0.1) is 0 Å². The zero-order chi connectivity index (χ0) is 10.1. The molecule has 0 unspecified atom stereocenters. The zero-order valence-corrected chi connectivity index (χ0v) is 8.38. The molecule has 0 aliphatic rings. The van der Waals surface area contributed by atoms with Crippen molar-refractivity contribution in [3.63, 3.8) is 0 Å². The molecule has 74 valence electrons. The van der Waals surface area contributed by atoms with Crippen LogP contribution in [0.4, 0.5) is 5.69 Å². The molecular formula is C9H15ClN2O. The monoisotopic (exact) mass is 202 g/mol. The number of aliphatic hydroxyl groups is 1. The van der Waals surface area contributed by atoms with E-state index in [1.54, 1.807) is 25.2 Å². The van der Waals surface area contributed by atoms with Gasteiger partial charge in [0.25, 0.3) is 0 Å². The Bertz CT molecular complexity index is 211. The molecule has 0 saturated carbocycles. The molecule has 0 heterocycles. The van der Waals surface area contributed by atoms with Crippen LogP contribution in [0.25, 0.3) is 0 Å². The minimum absolute atomic E-state index is 0.233. The highest BCUT2D eigenvalue weighted by Crippen LogP contribution is 2.10. The first kappa shape index (κ1) is 12.2. The van der Waals surface area contributed by atoms with Crippen molar-refractivity contribution in [2.75, 3.05) is 25.9 Å². The van der Waals surface area contributed by atoms with Gasteiger partial charge in [0, 0.05) is 17.3 Å². The first-order valence-electron chi connectivity index (χ1n) is 3.97. The summed E-state index contributed by atoms with van der Waals surface area (Å²) in [4.78, 5) is 0. The van der Waals surface area contributed by atoms with E-state index in [0.29, 0.717) is 17.3 Å². The molecule has 4 N–H and O–H groups in total. The van der Waals surface area contributed by atoms with Crippen molar-refractivity contribution in [3.05, 3.63) is 29.3 Å². The lowest BCUT2D eigenvalue weighted by Gasteiger charge is -1.89. The molecule has 0 atom stereocenters. The number of likely N-dealkylation sites (N-methyl/N-ethyl adjacent to an activating group) is 1. The summed E-state index contributed by atoms with van der Waals surface area (Å²) in [6.45, 7) is 0.927. The Labute approximate surface area is 83.5 Å². The van der Waals surface area contributed by atoms with Crippen molar-refractivity contribution in [1.82, 2.24) is 5.32 Å². The molecule has 1 aromatic rings. The highest BCUT2D eigenvalue weighted by atomic mass is 35.5. The second-order valence-corrected chi connectivity index (χ2v) is 2.82. The normalized spacial score (nSPS) is 8.85. The van der Waals surface area contributed by atoms with Crippen LogP contribution in [0.5, 0.6) is 0 Å². The molecule has 0 radical (unpaired) electrons. The number of anilines is 1. The quantitative estimate of drug-likeness (QED) is 0.630. The zero-order valence-electron chi connectivity index (χ0n) is 7.63. The predicted molar refractivity (Wildman–Crippen MR) is 56.9 cm³/mol. The van der Waals surface area contributed by atoms with Gasteiger partial charge < -0.3 is 16.2 Å². The fourth-order valence-electron chi connectivity index (χ4n) is 0.618. The molecule has 3 nitrogen and oxygen atoms in total. The maximum atomic E-state index is 8.00. The second kappa shape index (κ2) is 7.86. The Kier molecular flexibility index (Phi) is 7.39. The van der Waals surface area contributed by atoms with Gasteiger partial charge in [0.2, 0.25) is 0 Å². The molecule has 0 amide bonds. The van der Waals surface area contributed by atoms with Gasteiger partial charge in [0.15, 0.2) is 0 Å². The summed E-state index contributed by atoms with van der Waals surface area (Å²) >= 11 is 5.56. The van der Waals surface area contributed by atoms with Gasteiger partial charge in [-0.25, -0.2) is 0 Å². The number of rotatable bonds is 2. The molecule has 0 saturated heterocycles. The van der Waals surface area contributed by atoms with Crippen LogP contribution in [0.15, 0.2) is 24.3 Å². The maximum Gasteiger partial charge on any atom is 0.0555 e. The Morgan fingerprint density at radius 2 is 2.23 bits per heavy atom. The number of aliphatic hydroxyl groups excluding tert-OH is 1. The third kappa shape index (κ3) is 7.59. The molecule has 0 aromatic heterocycles. The molecular weight excluding hydrogens is 188 g/mol. The van der Waals surface area contributed by atoms with Crippen molar-refractivity contribution in [3.8, 4) is 0 Å². The second-order valence-electron chi connectivity index (χ2n) is 2.38. The average Bonchev–Trinajstić information content (AvgIpc) is 2.06. The number of nitrogens with one attached hydrogen (secondary N) is 1. The summed E-state index contributed by atoms with van der Waals surface area (Å²) in [7, 11) is 1.80. The smallest absolute Gasteiger partial charge is 0.0555 e. The van der Waals surface area contributed by atoms with Crippen LogP contribution in [0.1, 0.15) is 0 Å². The molecule has 0 aliphatic heterocycles. The van der Waals surface area contributed by atoms with Crippen LogP contribution in [0.2, 0.25) is 5.02 Å². The Balaban J connectivity index is 0.000000252. The number of nitrogen functional groups attached to an aromatic ring is 1. The lowest BCUT2D eigenvalue weighted by Crippen LogP contribution is -2.10. The van der Waals surface area contributed by atoms with Crippen LogP contribution in [0.3, 0.4) is 0 Å². The fraction of sp³-hybridized carbons (Fsp3) is 0.333. The number of hydrogen-bond acceptors (Lipinski definition) is 3. The molecule has 13 heavy (non-hydrogen) atoms. The van der Waals surface area contributed by atoms with Gasteiger partial charge >= 0.3 is 0 Å². The summed E-state index contributed by atoms with van der Waals surface area (Å²) in [5, 5.41) is 11.5. The first-order valence-corrected chi connectivity index (χ1v) is 4.35. The van der Waals surface area contributed by atoms with Crippen LogP contribution < -0.4 is 11.1 Å². The van der Waals surface area contributed by atoms with Gasteiger partial charge in [-0.05, 0) is 25.2 Å². The minimum Gasteiger partial charge on any atom is -0.399 e. The summed E-state index contributed by atoms with van der Waals surface area (Å²) in [5.41, 5.74) is 6.08. The van der Waals surface area contributed by atoms with Crippen molar-refractivity contribution >= 4 is 17.3 Å². The van der Waals surface area contributed by atoms with Gasteiger partial charge in [-0.15, -0.1) is 0 Å². The highest BCUT2D eigenvalue weighted by molar-refractivity contribution is 6.30. The SMILES string of the molecule is CNCCO.Nc1cccc(Cl)c1. The summed E-state index contributed by atoms with van der Waals surface area (Å²) in [6, 6.07) is 7.11. The third-order valence-corrected chi connectivity index (χ3v) is 1.45. The summed E-state index contributed by atoms with van der Waals surface area (Å²) < 4.78 is 0. The molecule has 0 bridgehead atoms. The van der Waals surface area contributed by atoms with Crippen molar-refractivity contribution < 1.29 is 5.11 Å². The average molecular weight is 203 g/mol. The predicted octanol–water partition coefficient (Wildman–Crippen LogP) is 1.12. The van der Waals surface area contributed by atoms with E-state index in [4.69, 9.17) is 22.4 Å². The van der Waals surface area contributed by atoms with E-state index in [-0.39, 0.29) is 6.61 Å². The standard InChI is InChI=1S/C6H6ClN.C3H9NO/c7-5-2-1-3-6(8)4-5;1-4-2-3-5/h1-4H,8H2;4-5H,2-3H2,1H3. The largest absolute Gasteiger partial charge is 0.399 e. The number of hydrogen-bond donors (Lipinski definition) is 3. The van der Waals surface area contributed by atoms with Crippen LogP contribution in [-0.2, 0) is 0 Å². The summed E-state index contributed by atoms with van der Waals surface area (Å²) in [5.74, 6) is 0. The Morgan fingerprint density at radius 1 is 1.54 bits per heavy atom. The molecule has 1 rings (SSSR count). The van der Waals surface area contributed by atoms with E-state index < -0.39 is 0 Å². The van der Waals surface area contributed by atoms with Crippen LogP contribution >= 0.6 is 11.6 Å². The van der Waals surface area contributed by atoms with E-state index in [1.807, 2.05) is 6.07 Å². The van der Waals surface area contributed by atoms with E-state index in [9.17, 15) is 0 Å². The van der Waals surface area contributed by atoms with Gasteiger partial charge in [-0.3, -0.25) is 0 Å². The molecule has 0 aliphatic carbocycles. The van der Waals surface area contributed by atoms with Gasteiger partial charge in [-0.2, -0.15) is 0 Å². The van der Waals surface area contributed by atoms with E-state index >= 15 is 0 Å².